The normalized spacial score (nSPS) is 16.2. The Labute approximate surface area is 223 Å². The Morgan fingerprint density at radius 2 is 1.62 bits per heavy atom. The number of benzene rings is 3. The molecule has 0 aromatic heterocycles. The van der Waals surface area contributed by atoms with E-state index in [4.69, 9.17) is 9.47 Å². The molecule has 5 nitrogen and oxygen atoms in total. The Morgan fingerprint density at radius 3 is 2.30 bits per heavy atom. The zero-order chi connectivity index (χ0) is 26.1. The zero-order valence-corrected chi connectivity index (χ0v) is 22.7. The van der Waals surface area contributed by atoms with E-state index in [1.165, 1.54) is 16.7 Å². The fourth-order valence-electron chi connectivity index (χ4n) is 4.85. The molecule has 1 atom stereocenters. The number of piperidine rings is 1. The standard InChI is InChI=1S/C31H37NO4S/c1-3-32-21-19-31(20-22-32,30(33)35-4-2)37(34)29-17-15-28(16-18-29)36-23-9-11-25-10-8-14-27(24-25)26-12-6-5-7-13-26/h5-8,10,12-18,24H,3-4,9,11,19-23H2,1-2H3. The van der Waals surface area contributed by atoms with Gasteiger partial charge in [-0.25, -0.2) is 0 Å². The SMILES string of the molecule is CCOC(=O)C1(S(=O)c2ccc(OCCCc3cccc(-c4ccccc4)c3)cc2)CCN(CC)CC1. The van der Waals surface area contributed by atoms with Gasteiger partial charge in [-0.3, -0.25) is 9.00 Å². The monoisotopic (exact) mass is 519 g/mol. The predicted octanol–water partition coefficient (Wildman–Crippen LogP) is 5.89. The summed E-state index contributed by atoms with van der Waals surface area (Å²) < 4.78 is 24.0. The molecule has 0 amide bonds. The maximum atomic E-state index is 13.6. The molecule has 0 spiro atoms. The molecular weight excluding hydrogens is 482 g/mol. The quantitative estimate of drug-likeness (QED) is 0.234. The van der Waals surface area contributed by atoms with Crippen LogP contribution in [-0.2, 0) is 26.8 Å². The Morgan fingerprint density at radius 1 is 0.919 bits per heavy atom. The van der Waals surface area contributed by atoms with Gasteiger partial charge < -0.3 is 14.4 Å². The van der Waals surface area contributed by atoms with Crippen LogP contribution in [-0.4, -0.2) is 52.7 Å². The molecule has 1 heterocycles. The molecule has 0 bridgehead atoms. The molecule has 3 aromatic rings. The number of nitrogens with zero attached hydrogens (tertiary/aromatic N) is 1. The van der Waals surface area contributed by atoms with Gasteiger partial charge in [0.25, 0.3) is 0 Å². The van der Waals surface area contributed by atoms with Crippen molar-refractivity contribution in [3.8, 4) is 16.9 Å². The third-order valence-electron chi connectivity index (χ3n) is 7.06. The van der Waals surface area contributed by atoms with Gasteiger partial charge in [-0.15, -0.1) is 0 Å². The highest BCUT2D eigenvalue weighted by Gasteiger charge is 2.48. The fourth-order valence-corrected chi connectivity index (χ4v) is 6.44. The van der Waals surface area contributed by atoms with Crippen LogP contribution in [0.4, 0.5) is 0 Å². The number of ether oxygens (including phenoxy) is 2. The second-order valence-corrected chi connectivity index (χ2v) is 11.2. The zero-order valence-electron chi connectivity index (χ0n) is 21.9. The van der Waals surface area contributed by atoms with E-state index in [0.717, 1.165) is 38.2 Å². The lowest BCUT2D eigenvalue weighted by molar-refractivity contribution is -0.147. The molecular formula is C31H37NO4S. The van der Waals surface area contributed by atoms with Gasteiger partial charge in [0.05, 0.1) is 24.0 Å². The summed E-state index contributed by atoms with van der Waals surface area (Å²) in [5.41, 5.74) is 3.73. The lowest BCUT2D eigenvalue weighted by Gasteiger charge is -2.38. The van der Waals surface area contributed by atoms with E-state index >= 15 is 0 Å². The van der Waals surface area contributed by atoms with Crippen LogP contribution in [0, 0.1) is 0 Å². The van der Waals surface area contributed by atoms with E-state index in [1.807, 2.05) is 30.3 Å². The minimum atomic E-state index is -1.49. The lowest BCUT2D eigenvalue weighted by Crippen LogP contribution is -2.52. The average Bonchev–Trinajstić information content (AvgIpc) is 2.96. The Balaban J connectivity index is 1.33. The molecule has 0 N–H and O–H groups in total. The molecule has 196 valence electrons. The highest BCUT2D eigenvalue weighted by Crippen LogP contribution is 2.34. The highest BCUT2D eigenvalue weighted by atomic mass is 32.2. The first-order valence-corrected chi connectivity index (χ1v) is 14.4. The van der Waals surface area contributed by atoms with Gasteiger partial charge in [-0.2, -0.15) is 0 Å². The largest absolute Gasteiger partial charge is 0.494 e. The van der Waals surface area contributed by atoms with Crippen molar-refractivity contribution in [1.29, 1.82) is 0 Å². The fraction of sp³-hybridized carbons (Fsp3) is 0.387. The first kappa shape index (κ1) is 27.1. The van der Waals surface area contributed by atoms with E-state index in [1.54, 1.807) is 6.92 Å². The van der Waals surface area contributed by atoms with Crippen molar-refractivity contribution < 1.29 is 18.5 Å². The van der Waals surface area contributed by atoms with Crippen LogP contribution in [0.25, 0.3) is 11.1 Å². The van der Waals surface area contributed by atoms with Crippen molar-refractivity contribution in [1.82, 2.24) is 4.90 Å². The molecule has 0 radical (unpaired) electrons. The number of hydrogen-bond acceptors (Lipinski definition) is 5. The molecule has 1 fully saturated rings. The first-order chi connectivity index (χ1) is 18.1. The van der Waals surface area contributed by atoms with Crippen LogP contribution >= 0.6 is 0 Å². The molecule has 6 heteroatoms. The van der Waals surface area contributed by atoms with E-state index in [-0.39, 0.29) is 5.97 Å². The smallest absolute Gasteiger partial charge is 0.325 e. The van der Waals surface area contributed by atoms with Crippen LogP contribution < -0.4 is 4.74 Å². The number of likely N-dealkylation sites (tertiary alicyclic amines) is 1. The van der Waals surface area contributed by atoms with Gasteiger partial charge in [0.1, 0.15) is 10.5 Å². The molecule has 1 aliphatic heterocycles. The third kappa shape index (κ3) is 6.68. The van der Waals surface area contributed by atoms with Crippen molar-refractivity contribution in [3.05, 3.63) is 84.4 Å². The van der Waals surface area contributed by atoms with E-state index in [2.05, 4.69) is 60.4 Å². The van der Waals surface area contributed by atoms with E-state index in [0.29, 0.717) is 31.0 Å². The summed E-state index contributed by atoms with van der Waals surface area (Å²) in [6, 6.07) is 26.4. The minimum Gasteiger partial charge on any atom is -0.494 e. The highest BCUT2D eigenvalue weighted by molar-refractivity contribution is 7.87. The van der Waals surface area contributed by atoms with Crippen LogP contribution in [0.1, 0.15) is 38.7 Å². The third-order valence-corrected chi connectivity index (χ3v) is 9.05. The number of aryl methyl sites for hydroxylation is 1. The van der Waals surface area contributed by atoms with Crippen molar-refractivity contribution in [3.63, 3.8) is 0 Å². The summed E-state index contributed by atoms with van der Waals surface area (Å²) >= 11 is 0. The summed E-state index contributed by atoms with van der Waals surface area (Å²) in [4.78, 5) is 15.9. The van der Waals surface area contributed by atoms with Crippen LogP contribution in [0.15, 0.2) is 83.8 Å². The minimum absolute atomic E-state index is 0.290. The van der Waals surface area contributed by atoms with Crippen molar-refractivity contribution in [2.45, 2.75) is 49.2 Å². The Hall–Kier alpha value is -2.96. The predicted molar refractivity (Wildman–Crippen MR) is 149 cm³/mol. The Bertz CT molecular complexity index is 1170. The van der Waals surface area contributed by atoms with Gasteiger partial charge in [0.2, 0.25) is 0 Å². The summed E-state index contributed by atoms with van der Waals surface area (Å²) in [7, 11) is -1.49. The van der Waals surface area contributed by atoms with Gasteiger partial charge in [-0.05, 0) is 80.1 Å². The molecule has 3 aromatic carbocycles. The second-order valence-electron chi connectivity index (χ2n) is 9.41. The number of carbonyl (C=O) groups excluding carboxylic acids is 1. The average molecular weight is 520 g/mol. The molecule has 4 rings (SSSR count). The molecule has 0 aliphatic carbocycles. The van der Waals surface area contributed by atoms with Gasteiger partial charge in [0.15, 0.2) is 0 Å². The van der Waals surface area contributed by atoms with E-state index < -0.39 is 15.5 Å². The summed E-state index contributed by atoms with van der Waals surface area (Å²) in [6.45, 7) is 7.20. The second kappa shape index (κ2) is 13.0. The number of carbonyl (C=O) groups is 1. The maximum Gasteiger partial charge on any atom is 0.325 e. The van der Waals surface area contributed by atoms with Gasteiger partial charge >= 0.3 is 5.97 Å². The summed E-state index contributed by atoms with van der Waals surface area (Å²) in [5, 5.41) is 0. The molecule has 1 aliphatic rings. The number of esters is 1. The molecule has 1 unspecified atom stereocenters. The topological polar surface area (TPSA) is 55.8 Å². The molecule has 1 saturated heterocycles. The van der Waals surface area contributed by atoms with Gasteiger partial charge in [0, 0.05) is 18.0 Å². The van der Waals surface area contributed by atoms with Crippen LogP contribution in [0.3, 0.4) is 0 Å². The van der Waals surface area contributed by atoms with Crippen molar-refractivity contribution in [2.75, 3.05) is 32.8 Å². The van der Waals surface area contributed by atoms with Crippen LogP contribution in [0.2, 0.25) is 0 Å². The number of rotatable bonds is 11. The lowest BCUT2D eigenvalue weighted by atomic mass is 9.95. The van der Waals surface area contributed by atoms with E-state index in [9.17, 15) is 9.00 Å². The number of hydrogen-bond donors (Lipinski definition) is 0. The summed E-state index contributed by atoms with van der Waals surface area (Å²) in [6.07, 6.45) is 2.90. The molecule has 0 saturated carbocycles. The molecule has 37 heavy (non-hydrogen) atoms. The summed E-state index contributed by atoms with van der Waals surface area (Å²) in [5.74, 6) is 0.394. The van der Waals surface area contributed by atoms with Gasteiger partial charge in [-0.1, -0.05) is 61.5 Å². The van der Waals surface area contributed by atoms with Crippen LogP contribution in [0.5, 0.6) is 5.75 Å². The van der Waals surface area contributed by atoms with Crippen molar-refractivity contribution in [2.24, 2.45) is 0 Å². The first-order valence-electron chi connectivity index (χ1n) is 13.2. The maximum absolute atomic E-state index is 13.6. The van der Waals surface area contributed by atoms with Crippen molar-refractivity contribution >= 4 is 16.8 Å². The Kier molecular flexibility index (Phi) is 9.53.